The van der Waals surface area contributed by atoms with Crippen LogP contribution in [-0.4, -0.2) is 29.5 Å². The molecule has 3 rings (SSSR count). The summed E-state index contributed by atoms with van der Waals surface area (Å²) in [6.45, 7) is 1.70. The molecule has 26 heavy (non-hydrogen) atoms. The third-order valence-corrected chi connectivity index (χ3v) is 5.35. The maximum atomic E-state index is 12.6. The summed E-state index contributed by atoms with van der Waals surface area (Å²) in [6.07, 6.45) is 0. The Labute approximate surface area is 163 Å². The van der Waals surface area contributed by atoms with Crippen LogP contribution in [0.15, 0.2) is 25.9 Å². The van der Waals surface area contributed by atoms with Gasteiger partial charge in [0.2, 0.25) is 0 Å². The van der Waals surface area contributed by atoms with E-state index in [1.807, 2.05) is 0 Å². The van der Waals surface area contributed by atoms with E-state index >= 15 is 0 Å². The Morgan fingerprint density at radius 2 is 1.85 bits per heavy atom. The van der Waals surface area contributed by atoms with E-state index in [-0.39, 0.29) is 32.7 Å². The summed E-state index contributed by atoms with van der Waals surface area (Å²) < 4.78 is 6.56. The van der Waals surface area contributed by atoms with E-state index in [1.54, 1.807) is 13.0 Å². The third-order valence-electron chi connectivity index (χ3n) is 3.95. The molecule has 3 N–H and O–H groups in total. The molecule has 0 spiro atoms. The lowest BCUT2D eigenvalue weighted by Crippen LogP contribution is -2.25. The number of nitrogen functional groups attached to an aromatic ring is 1. The van der Waals surface area contributed by atoms with Gasteiger partial charge in [0.1, 0.15) is 5.82 Å². The molecule has 134 valence electrons. The number of nitrogens with one attached hydrogen (secondary N) is 1. The summed E-state index contributed by atoms with van der Waals surface area (Å²) in [7, 11) is 1.23. The molecule has 2 heterocycles. The number of imide groups is 1. The third kappa shape index (κ3) is 2.56. The molecule has 1 aliphatic heterocycles. The van der Waals surface area contributed by atoms with E-state index in [9.17, 15) is 19.2 Å². The van der Waals surface area contributed by atoms with Crippen molar-refractivity contribution in [2.24, 2.45) is 0 Å². The van der Waals surface area contributed by atoms with Gasteiger partial charge in [-0.15, -0.1) is 0 Å². The number of pyridine rings is 1. The van der Waals surface area contributed by atoms with Crippen LogP contribution in [-0.2, 0) is 4.74 Å². The van der Waals surface area contributed by atoms with Crippen LogP contribution >= 0.6 is 31.9 Å². The lowest BCUT2D eigenvalue weighted by Gasteiger charge is -2.18. The number of rotatable bonds is 2. The molecule has 10 heteroatoms. The number of benzene rings is 1. The number of hydrogen-bond acceptors (Lipinski definition) is 6. The summed E-state index contributed by atoms with van der Waals surface area (Å²) in [5.41, 5.74) is 6.30. The van der Waals surface area contributed by atoms with Crippen LogP contribution in [0.5, 0.6) is 0 Å². The number of aryl methyl sites for hydroxylation is 1. The van der Waals surface area contributed by atoms with Crippen molar-refractivity contribution in [3.63, 3.8) is 0 Å². The zero-order chi connectivity index (χ0) is 19.3. The minimum Gasteiger partial charge on any atom is -0.465 e. The number of halogens is 2. The summed E-state index contributed by atoms with van der Waals surface area (Å²) in [6, 6.07) is 2.66. The molecule has 0 atom stereocenters. The van der Waals surface area contributed by atoms with Crippen molar-refractivity contribution in [1.82, 2.24) is 9.88 Å². The fraction of sp³-hybridized carbons (Fsp3) is 0.125. The Balaban J connectivity index is 2.42. The van der Waals surface area contributed by atoms with Crippen LogP contribution in [0.4, 0.5) is 5.82 Å². The highest BCUT2D eigenvalue weighted by molar-refractivity contribution is 9.11. The van der Waals surface area contributed by atoms with Crippen molar-refractivity contribution in [3.8, 4) is 5.69 Å². The molecule has 1 aromatic carbocycles. The molecule has 0 saturated heterocycles. The SMILES string of the molecule is COC(=O)c1c(Br)cc(C)c(-n2c(N)c3c(cc2=O)C(=O)NC3=O)c1Br. The quantitative estimate of drug-likeness (QED) is 0.496. The van der Waals surface area contributed by atoms with E-state index in [0.29, 0.717) is 10.0 Å². The minimum atomic E-state index is -0.685. The summed E-state index contributed by atoms with van der Waals surface area (Å²) >= 11 is 6.62. The highest BCUT2D eigenvalue weighted by Gasteiger charge is 2.33. The number of fused-ring (bicyclic) bond motifs is 1. The van der Waals surface area contributed by atoms with Gasteiger partial charge in [-0.25, -0.2) is 4.79 Å². The van der Waals surface area contributed by atoms with Crippen LogP contribution in [0.25, 0.3) is 5.69 Å². The molecule has 1 aliphatic rings. The second-order valence-electron chi connectivity index (χ2n) is 5.48. The fourth-order valence-corrected chi connectivity index (χ4v) is 4.64. The number of nitrogens with zero attached hydrogens (tertiary/aromatic N) is 1. The number of carbonyl (C=O) groups excluding carboxylic acids is 3. The van der Waals surface area contributed by atoms with E-state index in [4.69, 9.17) is 10.5 Å². The molecular weight excluding hydrogens is 474 g/mol. The molecule has 0 saturated carbocycles. The van der Waals surface area contributed by atoms with Gasteiger partial charge < -0.3 is 10.5 Å². The molecular formula is C16H11Br2N3O5. The number of hydrogen-bond donors (Lipinski definition) is 2. The lowest BCUT2D eigenvalue weighted by molar-refractivity contribution is 0.0598. The van der Waals surface area contributed by atoms with Gasteiger partial charge in [-0.2, -0.15) is 0 Å². The first-order chi connectivity index (χ1) is 12.2. The number of amides is 2. The van der Waals surface area contributed by atoms with Crippen molar-refractivity contribution in [2.75, 3.05) is 12.8 Å². The van der Waals surface area contributed by atoms with Crippen LogP contribution in [0, 0.1) is 6.92 Å². The number of esters is 1. The largest absolute Gasteiger partial charge is 0.465 e. The van der Waals surface area contributed by atoms with Gasteiger partial charge >= 0.3 is 5.97 Å². The van der Waals surface area contributed by atoms with Gasteiger partial charge in [-0.3, -0.25) is 24.3 Å². The zero-order valence-electron chi connectivity index (χ0n) is 13.5. The Hall–Kier alpha value is -2.46. The number of methoxy groups -OCH3 is 1. The van der Waals surface area contributed by atoms with E-state index < -0.39 is 23.3 Å². The van der Waals surface area contributed by atoms with Crippen LogP contribution in [0.3, 0.4) is 0 Å². The molecule has 2 amide bonds. The second kappa shape index (κ2) is 6.36. The first-order valence-corrected chi connectivity index (χ1v) is 8.76. The topological polar surface area (TPSA) is 120 Å². The second-order valence-corrected chi connectivity index (χ2v) is 7.13. The van der Waals surface area contributed by atoms with Gasteiger partial charge in [-0.1, -0.05) is 0 Å². The Morgan fingerprint density at radius 3 is 2.46 bits per heavy atom. The van der Waals surface area contributed by atoms with Gasteiger partial charge in [0, 0.05) is 10.5 Å². The van der Waals surface area contributed by atoms with E-state index in [0.717, 1.165) is 10.6 Å². The highest BCUT2D eigenvalue weighted by atomic mass is 79.9. The fourth-order valence-electron chi connectivity index (χ4n) is 2.80. The molecule has 2 aromatic rings. The average molecular weight is 485 g/mol. The minimum absolute atomic E-state index is 0.0761. The number of ether oxygens (including phenoxy) is 1. The van der Waals surface area contributed by atoms with Gasteiger partial charge in [0.05, 0.1) is 34.0 Å². The number of nitrogens with two attached hydrogens (primary N) is 1. The smallest absolute Gasteiger partial charge is 0.340 e. The summed E-state index contributed by atoms with van der Waals surface area (Å²) in [5.74, 6) is -2.19. The maximum absolute atomic E-state index is 12.6. The lowest BCUT2D eigenvalue weighted by atomic mass is 10.1. The standard InChI is InChI=1S/C16H11Br2N3O5/c1-5-3-7(17)10(16(25)26-2)11(18)12(5)21-8(22)4-6-9(13(21)19)15(24)20-14(6)23/h3-4H,19H2,1-2H3,(H,20,23,24). The van der Waals surface area contributed by atoms with Crippen LogP contribution in [0.2, 0.25) is 0 Å². The molecule has 1 aromatic heterocycles. The Kier molecular flexibility index (Phi) is 4.49. The average Bonchev–Trinajstić information content (AvgIpc) is 2.83. The molecule has 0 radical (unpaired) electrons. The van der Waals surface area contributed by atoms with Crippen LogP contribution < -0.4 is 16.6 Å². The first kappa shape index (κ1) is 18.3. The first-order valence-electron chi connectivity index (χ1n) is 7.17. The molecule has 0 aliphatic carbocycles. The maximum Gasteiger partial charge on any atom is 0.340 e. The van der Waals surface area contributed by atoms with Crippen LogP contribution in [0.1, 0.15) is 36.6 Å². The molecule has 8 nitrogen and oxygen atoms in total. The number of aromatic nitrogens is 1. The van der Waals surface area contributed by atoms with E-state index in [2.05, 4.69) is 37.2 Å². The number of carbonyl (C=O) groups is 3. The van der Waals surface area contributed by atoms with Crippen molar-refractivity contribution in [3.05, 3.63) is 53.7 Å². The Bertz CT molecular complexity index is 1070. The van der Waals surface area contributed by atoms with Gasteiger partial charge in [-0.05, 0) is 50.4 Å². The molecule has 0 fully saturated rings. The Morgan fingerprint density at radius 1 is 1.19 bits per heavy atom. The van der Waals surface area contributed by atoms with Gasteiger partial charge in [0.15, 0.2) is 0 Å². The monoisotopic (exact) mass is 483 g/mol. The molecule has 0 unspecified atom stereocenters. The van der Waals surface area contributed by atoms with E-state index in [1.165, 1.54) is 7.11 Å². The van der Waals surface area contributed by atoms with Crippen molar-refractivity contribution < 1.29 is 19.1 Å². The predicted molar refractivity (Wildman–Crippen MR) is 99.7 cm³/mol. The predicted octanol–water partition coefficient (Wildman–Crippen LogP) is 1.92. The van der Waals surface area contributed by atoms with Gasteiger partial charge in [0.25, 0.3) is 17.4 Å². The summed E-state index contributed by atoms with van der Waals surface area (Å²) in [4.78, 5) is 48.5. The van der Waals surface area contributed by atoms with Crippen molar-refractivity contribution in [2.45, 2.75) is 6.92 Å². The highest BCUT2D eigenvalue weighted by Crippen LogP contribution is 2.36. The zero-order valence-corrected chi connectivity index (χ0v) is 16.6. The van der Waals surface area contributed by atoms with Crippen molar-refractivity contribution in [1.29, 1.82) is 0 Å². The normalized spacial score (nSPS) is 12.8. The summed E-state index contributed by atoms with van der Waals surface area (Å²) in [5, 5.41) is 2.10. The van der Waals surface area contributed by atoms with Crippen molar-refractivity contribution >= 4 is 55.5 Å². The molecule has 0 bridgehead atoms. The number of anilines is 1.